The van der Waals surface area contributed by atoms with Crippen molar-refractivity contribution in [1.82, 2.24) is 0 Å². The van der Waals surface area contributed by atoms with Crippen molar-refractivity contribution in [2.45, 2.75) is 6.42 Å². The Hall–Kier alpha value is -0.960. The lowest BCUT2D eigenvalue weighted by Crippen LogP contribution is -2.01. The number of alkyl halides is 1. The molecule has 0 radical (unpaired) electrons. The van der Waals surface area contributed by atoms with Gasteiger partial charge in [0.1, 0.15) is 11.6 Å². The fourth-order valence-corrected chi connectivity index (χ4v) is 1.12. The lowest BCUT2D eigenvalue weighted by atomic mass is 10.1. The molecule has 1 rings (SSSR count). The predicted octanol–water partition coefficient (Wildman–Crippen LogP) is 2.78. The number of carbonyl (C=O) groups excluding carboxylic acids is 1. The van der Waals surface area contributed by atoms with Crippen molar-refractivity contribution in [2.24, 2.45) is 0 Å². The molecule has 1 nitrogen and oxygen atoms in total. The highest BCUT2D eigenvalue weighted by atomic mass is 35.5. The third-order valence-electron chi connectivity index (χ3n) is 1.51. The second-order valence-electron chi connectivity index (χ2n) is 2.52. The molecular formula is C9H7ClF2O. The van der Waals surface area contributed by atoms with Crippen LogP contribution in [0.3, 0.4) is 0 Å². The molecule has 0 saturated heterocycles. The highest BCUT2D eigenvalue weighted by molar-refractivity contribution is 6.19. The molecule has 0 fully saturated rings. The molecule has 0 N–H and O–H groups in total. The van der Waals surface area contributed by atoms with Crippen LogP contribution >= 0.6 is 11.6 Å². The van der Waals surface area contributed by atoms with E-state index in [4.69, 9.17) is 11.6 Å². The average molecular weight is 205 g/mol. The van der Waals surface area contributed by atoms with Crippen LogP contribution in [0.2, 0.25) is 0 Å². The van der Waals surface area contributed by atoms with Gasteiger partial charge in [0.15, 0.2) is 5.78 Å². The van der Waals surface area contributed by atoms with Gasteiger partial charge in [0.05, 0.1) is 0 Å². The Morgan fingerprint density at radius 2 is 1.77 bits per heavy atom. The summed E-state index contributed by atoms with van der Waals surface area (Å²) in [6.45, 7) is 0. The SMILES string of the molecule is O=C(CCCl)c1cc(F)cc(F)c1. The molecule has 0 aliphatic heterocycles. The zero-order valence-corrected chi connectivity index (χ0v) is 7.44. The van der Waals surface area contributed by atoms with Crippen molar-refractivity contribution in [3.8, 4) is 0 Å². The van der Waals surface area contributed by atoms with Gasteiger partial charge in [-0.1, -0.05) is 0 Å². The summed E-state index contributed by atoms with van der Waals surface area (Å²) in [5.74, 6) is -1.71. The molecule has 70 valence electrons. The van der Waals surface area contributed by atoms with Crippen molar-refractivity contribution >= 4 is 17.4 Å². The van der Waals surface area contributed by atoms with Gasteiger partial charge < -0.3 is 0 Å². The number of benzene rings is 1. The standard InChI is InChI=1S/C9H7ClF2O/c10-2-1-9(13)6-3-7(11)5-8(12)4-6/h3-5H,1-2H2. The summed E-state index contributed by atoms with van der Waals surface area (Å²) in [6.07, 6.45) is 0.0877. The molecule has 0 bridgehead atoms. The molecule has 1 aromatic carbocycles. The van der Waals surface area contributed by atoms with E-state index in [9.17, 15) is 13.6 Å². The molecule has 0 amide bonds. The van der Waals surface area contributed by atoms with Crippen LogP contribution in [0.25, 0.3) is 0 Å². The third-order valence-corrected chi connectivity index (χ3v) is 1.70. The first kappa shape index (κ1) is 10.1. The van der Waals surface area contributed by atoms with Crippen molar-refractivity contribution in [3.63, 3.8) is 0 Å². The number of Topliss-reactive ketones (excluding diaryl/α,β-unsaturated/α-hetero) is 1. The summed E-state index contributed by atoms with van der Waals surface area (Å²) < 4.78 is 25.2. The zero-order chi connectivity index (χ0) is 9.84. The number of halogens is 3. The molecule has 4 heteroatoms. The third kappa shape index (κ3) is 2.77. The Kier molecular flexibility index (Phi) is 3.37. The van der Waals surface area contributed by atoms with Crippen molar-refractivity contribution in [1.29, 1.82) is 0 Å². The molecule has 0 atom stereocenters. The molecule has 0 aliphatic carbocycles. The summed E-state index contributed by atoms with van der Waals surface area (Å²) in [6, 6.07) is 2.72. The minimum absolute atomic E-state index is 0.0261. The molecule has 0 unspecified atom stereocenters. The molecule has 0 spiro atoms. The maximum atomic E-state index is 12.6. The van der Waals surface area contributed by atoms with Gasteiger partial charge in [0.2, 0.25) is 0 Å². The van der Waals surface area contributed by atoms with Crippen LogP contribution in [0, 0.1) is 11.6 Å². The highest BCUT2D eigenvalue weighted by Crippen LogP contribution is 2.10. The van der Waals surface area contributed by atoms with Gasteiger partial charge in [-0.25, -0.2) is 8.78 Å². The molecule has 0 aliphatic rings. The monoisotopic (exact) mass is 204 g/mol. The first-order valence-electron chi connectivity index (χ1n) is 3.68. The van der Waals surface area contributed by atoms with E-state index in [0.29, 0.717) is 0 Å². The Balaban J connectivity index is 2.94. The summed E-state index contributed by atoms with van der Waals surface area (Å²) in [4.78, 5) is 11.1. The lowest BCUT2D eigenvalue weighted by Gasteiger charge is -1.98. The first-order chi connectivity index (χ1) is 6.13. The summed E-state index contributed by atoms with van der Waals surface area (Å²) in [7, 11) is 0. The predicted molar refractivity (Wildman–Crippen MR) is 46.0 cm³/mol. The van der Waals surface area contributed by atoms with Crippen LogP contribution in [0.15, 0.2) is 18.2 Å². The smallest absolute Gasteiger partial charge is 0.164 e. The van der Waals surface area contributed by atoms with Crippen LogP contribution in [-0.2, 0) is 0 Å². The quantitative estimate of drug-likeness (QED) is 0.547. The Morgan fingerprint density at radius 3 is 2.23 bits per heavy atom. The summed E-state index contributed by atoms with van der Waals surface area (Å²) in [5.41, 5.74) is 0.0261. The second kappa shape index (κ2) is 4.33. The van der Waals surface area contributed by atoms with Gasteiger partial charge in [-0.05, 0) is 12.1 Å². The normalized spacial score (nSPS) is 10.1. The van der Waals surface area contributed by atoms with E-state index < -0.39 is 11.6 Å². The Morgan fingerprint density at radius 1 is 1.23 bits per heavy atom. The van der Waals surface area contributed by atoms with Crippen LogP contribution in [0.5, 0.6) is 0 Å². The van der Waals surface area contributed by atoms with Crippen molar-refractivity contribution in [2.75, 3.05) is 5.88 Å². The van der Waals surface area contributed by atoms with Gasteiger partial charge in [0, 0.05) is 23.9 Å². The zero-order valence-electron chi connectivity index (χ0n) is 6.69. The molecule has 0 saturated carbocycles. The molecule has 1 aromatic rings. The van der Waals surface area contributed by atoms with E-state index in [1.54, 1.807) is 0 Å². The molecule has 13 heavy (non-hydrogen) atoms. The van der Waals surface area contributed by atoms with E-state index >= 15 is 0 Å². The number of hydrogen-bond acceptors (Lipinski definition) is 1. The Bertz CT molecular complexity index is 305. The van der Waals surface area contributed by atoms with Crippen LogP contribution in [0.4, 0.5) is 8.78 Å². The minimum Gasteiger partial charge on any atom is -0.294 e. The lowest BCUT2D eigenvalue weighted by molar-refractivity contribution is 0.0988. The summed E-state index contributed by atoms with van der Waals surface area (Å²) >= 11 is 5.32. The van der Waals surface area contributed by atoms with Gasteiger partial charge in [0.25, 0.3) is 0 Å². The number of rotatable bonds is 3. The number of hydrogen-bond donors (Lipinski definition) is 0. The van der Waals surface area contributed by atoms with Gasteiger partial charge in [-0.15, -0.1) is 11.6 Å². The molecule has 0 heterocycles. The molecule has 0 aromatic heterocycles. The second-order valence-corrected chi connectivity index (χ2v) is 2.90. The average Bonchev–Trinajstić information content (AvgIpc) is 2.03. The first-order valence-corrected chi connectivity index (χ1v) is 4.22. The minimum atomic E-state index is -0.752. The van der Waals surface area contributed by atoms with Gasteiger partial charge >= 0.3 is 0 Å². The topological polar surface area (TPSA) is 17.1 Å². The van der Waals surface area contributed by atoms with E-state index in [-0.39, 0.29) is 23.6 Å². The fourth-order valence-electron chi connectivity index (χ4n) is 0.945. The van der Waals surface area contributed by atoms with Crippen molar-refractivity contribution < 1.29 is 13.6 Å². The van der Waals surface area contributed by atoms with Crippen LogP contribution in [0.1, 0.15) is 16.8 Å². The fraction of sp³-hybridized carbons (Fsp3) is 0.222. The van der Waals surface area contributed by atoms with E-state index in [1.807, 2.05) is 0 Å². The molecular weight excluding hydrogens is 198 g/mol. The number of ketones is 1. The maximum Gasteiger partial charge on any atom is 0.164 e. The van der Waals surface area contributed by atoms with Gasteiger partial charge in [-0.3, -0.25) is 4.79 Å². The van der Waals surface area contributed by atoms with E-state index in [0.717, 1.165) is 18.2 Å². The van der Waals surface area contributed by atoms with Crippen molar-refractivity contribution in [3.05, 3.63) is 35.4 Å². The van der Waals surface area contributed by atoms with Crippen LogP contribution < -0.4 is 0 Å². The summed E-state index contributed by atoms with van der Waals surface area (Å²) in [5, 5.41) is 0. The maximum absolute atomic E-state index is 12.6. The highest BCUT2D eigenvalue weighted by Gasteiger charge is 2.07. The van der Waals surface area contributed by atoms with E-state index in [2.05, 4.69) is 0 Å². The number of carbonyl (C=O) groups is 1. The van der Waals surface area contributed by atoms with E-state index in [1.165, 1.54) is 0 Å². The van der Waals surface area contributed by atoms with Gasteiger partial charge in [-0.2, -0.15) is 0 Å². The Labute approximate surface area is 79.3 Å². The largest absolute Gasteiger partial charge is 0.294 e. The van der Waals surface area contributed by atoms with Crippen LogP contribution in [-0.4, -0.2) is 11.7 Å².